The van der Waals surface area contributed by atoms with E-state index in [1.807, 2.05) is 30.3 Å². The topological polar surface area (TPSA) is 59.6 Å². The number of aromatic nitrogens is 3. The molecule has 30 heavy (non-hydrogen) atoms. The van der Waals surface area contributed by atoms with E-state index in [-0.39, 0.29) is 18.0 Å². The number of anilines is 1. The molecular weight excluding hydrogens is 400 g/mol. The van der Waals surface area contributed by atoms with Crippen molar-refractivity contribution in [3.63, 3.8) is 0 Å². The van der Waals surface area contributed by atoms with Gasteiger partial charge < -0.3 is 9.47 Å². The van der Waals surface area contributed by atoms with E-state index in [9.17, 15) is 9.59 Å². The fourth-order valence-corrected chi connectivity index (χ4v) is 4.06. The van der Waals surface area contributed by atoms with Crippen LogP contribution in [0.1, 0.15) is 12.0 Å². The lowest BCUT2D eigenvalue weighted by Gasteiger charge is -2.29. The SMILES string of the molecule is O=C(Cn1ccn2nc(-c3ccc(Cl)cc3)cc2c1=O)N1CCCc2ccccc21. The number of nitrogens with zero attached hydrogens (tertiary/aromatic N) is 4. The maximum absolute atomic E-state index is 13.0. The van der Waals surface area contributed by atoms with Gasteiger partial charge in [-0.15, -0.1) is 0 Å². The Balaban J connectivity index is 1.45. The fourth-order valence-electron chi connectivity index (χ4n) is 3.94. The number of carbonyl (C=O) groups excluding carboxylic acids is 1. The van der Waals surface area contributed by atoms with Crippen molar-refractivity contribution in [1.29, 1.82) is 0 Å². The minimum absolute atomic E-state index is 0.00880. The lowest BCUT2D eigenvalue weighted by Crippen LogP contribution is -2.39. The van der Waals surface area contributed by atoms with Gasteiger partial charge in [-0.2, -0.15) is 5.10 Å². The highest BCUT2D eigenvalue weighted by molar-refractivity contribution is 6.30. The Morgan fingerprint density at radius 3 is 2.70 bits per heavy atom. The van der Waals surface area contributed by atoms with Crippen molar-refractivity contribution in [3.8, 4) is 11.3 Å². The van der Waals surface area contributed by atoms with Crippen molar-refractivity contribution in [2.45, 2.75) is 19.4 Å². The first kappa shape index (κ1) is 18.6. The number of hydrogen-bond acceptors (Lipinski definition) is 3. The van der Waals surface area contributed by atoms with E-state index < -0.39 is 0 Å². The van der Waals surface area contributed by atoms with Gasteiger partial charge in [-0.05, 0) is 42.7 Å². The van der Waals surface area contributed by atoms with Crippen LogP contribution in [0.25, 0.3) is 16.8 Å². The van der Waals surface area contributed by atoms with E-state index in [1.165, 1.54) is 10.1 Å². The predicted molar refractivity (Wildman–Crippen MR) is 117 cm³/mol. The second-order valence-electron chi connectivity index (χ2n) is 7.38. The molecule has 0 atom stereocenters. The lowest BCUT2D eigenvalue weighted by atomic mass is 10.0. The minimum Gasteiger partial charge on any atom is -0.311 e. The molecule has 0 saturated heterocycles. The third-order valence-electron chi connectivity index (χ3n) is 5.46. The summed E-state index contributed by atoms with van der Waals surface area (Å²) in [5, 5.41) is 5.12. The number of hydrogen-bond donors (Lipinski definition) is 0. The molecule has 1 amide bonds. The van der Waals surface area contributed by atoms with Gasteiger partial charge >= 0.3 is 0 Å². The van der Waals surface area contributed by atoms with E-state index in [2.05, 4.69) is 11.2 Å². The summed E-state index contributed by atoms with van der Waals surface area (Å²) in [5.74, 6) is -0.0916. The summed E-state index contributed by atoms with van der Waals surface area (Å²) in [4.78, 5) is 27.8. The zero-order chi connectivity index (χ0) is 20.7. The van der Waals surface area contributed by atoms with Gasteiger partial charge in [-0.1, -0.05) is 41.9 Å². The van der Waals surface area contributed by atoms with Gasteiger partial charge in [0, 0.05) is 35.2 Å². The molecule has 7 heteroatoms. The Morgan fingerprint density at radius 2 is 1.87 bits per heavy atom. The average Bonchev–Trinajstić information content (AvgIpc) is 3.21. The normalized spacial score (nSPS) is 13.4. The molecule has 5 rings (SSSR count). The third kappa shape index (κ3) is 3.29. The molecule has 2 aromatic heterocycles. The Labute approximate surface area is 177 Å². The van der Waals surface area contributed by atoms with Crippen molar-refractivity contribution in [1.82, 2.24) is 14.2 Å². The summed E-state index contributed by atoms with van der Waals surface area (Å²) in [7, 11) is 0. The molecule has 1 aliphatic rings. The molecule has 0 spiro atoms. The van der Waals surface area contributed by atoms with Crippen LogP contribution in [0.4, 0.5) is 5.69 Å². The van der Waals surface area contributed by atoms with Crippen LogP contribution >= 0.6 is 11.6 Å². The first-order valence-corrected chi connectivity index (χ1v) is 10.2. The molecule has 0 unspecified atom stereocenters. The van der Waals surface area contributed by atoms with Crippen molar-refractivity contribution < 1.29 is 4.79 Å². The van der Waals surface area contributed by atoms with Crippen LogP contribution in [0.3, 0.4) is 0 Å². The number of halogens is 1. The average molecular weight is 419 g/mol. The highest BCUT2D eigenvalue weighted by Crippen LogP contribution is 2.27. The Bertz CT molecular complexity index is 1310. The Morgan fingerprint density at radius 1 is 1.07 bits per heavy atom. The maximum Gasteiger partial charge on any atom is 0.277 e. The van der Waals surface area contributed by atoms with Gasteiger partial charge in [-0.3, -0.25) is 9.59 Å². The summed E-state index contributed by atoms with van der Waals surface area (Å²) in [5.41, 5.74) is 3.84. The predicted octanol–water partition coefficient (Wildman–Crippen LogP) is 3.80. The van der Waals surface area contributed by atoms with Gasteiger partial charge in [-0.25, -0.2) is 4.52 Å². The number of benzene rings is 2. The fraction of sp³-hybridized carbons (Fsp3) is 0.174. The van der Waals surface area contributed by atoms with Crippen molar-refractivity contribution >= 4 is 28.7 Å². The quantitative estimate of drug-likeness (QED) is 0.508. The molecule has 2 aromatic carbocycles. The maximum atomic E-state index is 13.0. The number of fused-ring (bicyclic) bond motifs is 2. The first-order valence-electron chi connectivity index (χ1n) is 9.83. The highest BCUT2D eigenvalue weighted by atomic mass is 35.5. The van der Waals surface area contributed by atoms with Crippen LogP contribution in [-0.2, 0) is 17.8 Å². The summed E-state index contributed by atoms with van der Waals surface area (Å²) in [6.45, 7) is 0.658. The largest absolute Gasteiger partial charge is 0.311 e. The van der Waals surface area contributed by atoms with Gasteiger partial charge in [0.25, 0.3) is 5.56 Å². The van der Waals surface area contributed by atoms with E-state index in [4.69, 9.17) is 11.6 Å². The van der Waals surface area contributed by atoms with E-state index in [0.29, 0.717) is 22.8 Å². The van der Waals surface area contributed by atoms with E-state index in [0.717, 1.165) is 24.1 Å². The summed E-state index contributed by atoms with van der Waals surface area (Å²) >= 11 is 5.95. The number of para-hydroxylation sites is 1. The van der Waals surface area contributed by atoms with Crippen LogP contribution < -0.4 is 10.5 Å². The standard InChI is InChI=1S/C23H19ClN4O2/c24-18-9-7-16(8-10-18)19-14-21-23(30)26(12-13-28(21)25-19)15-22(29)27-11-3-5-17-4-1-2-6-20(17)27/h1-2,4,6-10,12-14H,3,5,11,15H2. The van der Waals surface area contributed by atoms with Crippen molar-refractivity contribution in [2.75, 3.05) is 11.4 Å². The molecule has 0 fully saturated rings. The molecule has 6 nitrogen and oxygen atoms in total. The molecule has 0 bridgehead atoms. The summed E-state index contributed by atoms with van der Waals surface area (Å²) < 4.78 is 2.99. The Hall–Kier alpha value is -3.38. The van der Waals surface area contributed by atoms with Crippen LogP contribution in [0.15, 0.2) is 71.8 Å². The first-order chi connectivity index (χ1) is 14.6. The zero-order valence-corrected chi connectivity index (χ0v) is 16.9. The molecule has 4 aromatic rings. The van der Waals surface area contributed by atoms with Crippen LogP contribution in [-0.4, -0.2) is 26.6 Å². The van der Waals surface area contributed by atoms with Crippen LogP contribution in [0, 0.1) is 0 Å². The van der Waals surface area contributed by atoms with E-state index in [1.54, 1.807) is 40.0 Å². The van der Waals surface area contributed by atoms with Crippen LogP contribution in [0.5, 0.6) is 0 Å². The van der Waals surface area contributed by atoms with Gasteiger partial charge in [0.15, 0.2) is 0 Å². The van der Waals surface area contributed by atoms with Crippen molar-refractivity contribution in [3.05, 3.63) is 87.9 Å². The summed E-state index contributed by atoms with van der Waals surface area (Å²) in [6.07, 6.45) is 5.20. The molecule has 0 N–H and O–H groups in total. The highest BCUT2D eigenvalue weighted by Gasteiger charge is 2.22. The van der Waals surface area contributed by atoms with Gasteiger partial charge in [0.2, 0.25) is 5.91 Å². The smallest absolute Gasteiger partial charge is 0.277 e. The third-order valence-corrected chi connectivity index (χ3v) is 5.71. The minimum atomic E-state index is -0.246. The zero-order valence-electron chi connectivity index (χ0n) is 16.2. The second kappa shape index (κ2) is 7.46. The number of rotatable bonds is 3. The van der Waals surface area contributed by atoms with Crippen molar-refractivity contribution in [2.24, 2.45) is 0 Å². The number of amides is 1. The van der Waals surface area contributed by atoms with Gasteiger partial charge in [0.05, 0.1) is 5.69 Å². The molecular formula is C23H19ClN4O2. The number of carbonyl (C=O) groups is 1. The lowest BCUT2D eigenvalue weighted by molar-refractivity contribution is -0.119. The molecule has 3 heterocycles. The molecule has 0 aliphatic carbocycles. The monoisotopic (exact) mass is 418 g/mol. The summed E-state index contributed by atoms with van der Waals surface area (Å²) in [6, 6.07) is 17.0. The second-order valence-corrected chi connectivity index (χ2v) is 7.81. The molecule has 0 saturated carbocycles. The number of aryl methyl sites for hydroxylation is 1. The van der Waals surface area contributed by atoms with E-state index >= 15 is 0 Å². The molecule has 1 aliphatic heterocycles. The Kier molecular flexibility index (Phi) is 4.64. The molecule has 150 valence electrons. The molecule has 0 radical (unpaired) electrons. The van der Waals surface area contributed by atoms with Gasteiger partial charge in [0.1, 0.15) is 12.1 Å². The van der Waals surface area contributed by atoms with Crippen LogP contribution in [0.2, 0.25) is 5.02 Å².